The van der Waals surface area contributed by atoms with Crippen LogP contribution in [0.25, 0.3) is 0 Å². The van der Waals surface area contributed by atoms with Gasteiger partial charge in [-0.1, -0.05) is 25.0 Å². The molecule has 2 rings (SSSR count). The van der Waals surface area contributed by atoms with E-state index >= 15 is 0 Å². The summed E-state index contributed by atoms with van der Waals surface area (Å²) in [4.78, 5) is 0. The Balaban J connectivity index is 2.10. The Morgan fingerprint density at radius 1 is 1.15 bits per heavy atom. The number of benzene rings is 1. The second-order valence-corrected chi connectivity index (χ2v) is 3.82. The average Bonchev–Trinajstić information content (AvgIpc) is 2.20. The van der Waals surface area contributed by atoms with Gasteiger partial charge in [0, 0.05) is 5.69 Å². The summed E-state index contributed by atoms with van der Waals surface area (Å²) in [5.74, 6) is 0.745. The van der Waals surface area contributed by atoms with Gasteiger partial charge in [0.05, 0.1) is 0 Å². The van der Waals surface area contributed by atoms with E-state index in [1.165, 1.54) is 31.2 Å². The van der Waals surface area contributed by atoms with Gasteiger partial charge in [0.25, 0.3) is 0 Å². The maximum absolute atomic E-state index is 5.65. The van der Waals surface area contributed by atoms with Crippen molar-refractivity contribution in [2.24, 2.45) is 0 Å². The molecule has 0 spiro atoms. The zero-order valence-corrected chi connectivity index (χ0v) is 7.87. The first-order valence-corrected chi connectivity index (χ1v) is 5.03. The lowest BCUT2D eigenvalue weighted by molar-refractivity contribution is 0.517. The van der Waals surface area contributed by atoms with Crippen molar-refractivity contribution < 1.29 is 0 Å². The Bertz CT molecular complexity index is 257. The molecule has 1 nitrogen and oxygen atoms in total. The molecule has 2 N–H and O–H groups in total. The van der Waals surface area contributed by atoms with E-state index in [0.29, 0.717) is 0 Å². The number of rotatable bonds is 1. The van der Waals surface area contributed by atoms with Gasteiger partial charge in [0.15, 0.2) is 0 Å². The van der Waals surface area contributed by atoms with Crippen molar-refractivity contribution in [3.05, 3.63) is 36.2 Å². The smallest absolute Gasteiger partial charge is 0.0314 e. The highest BCUT2D eigenvalue weighted by atomic mass is 14.5. The lowest BCUT2D eigenvalue weighted by Gasteiger charge is -2.21. The fourth-order valence-corrected chi connectivity index (χ4v) is 2.02. The van der Waals surface area contributed by atoms with Crippen molar-refractivity contribution in [2.45, 2.75) is 31.6 Å². The molecule has 13 heavy (non-hydrogen) atoms. The molecule has 0 aliphatic heterocycles. The van der Waals surface area contributed by atoms with E-state index in [-0.39, 0.29) is 0 Å². The van der Waals surface area contributed by atoms with Crippen LogP contribution in [0.15, 0.2) is 24.3 Å². The van der Waals surface area contributed by atoms with Crippen LogP contribution in [-0.2, 0) is 0 Å². The largest absolute Gasteiger partial charge is 0.399 e. The van der Waals surface area contributed by atoms with Crippen molar-refractivity contribution in [3.8, 4) is 0 Å². The van der Waals surface area contributed by atoms with Crippen LogP contribution in [0.3, 0.4) is 0 Å². The van der Waals surface area contributed by atoms with Crippen LogP contribution < -0.4 is 5.73 Å². The number of hydrogen-bond donors (Lipinski definition) is 1. The van der Waals surface area contributed by atoms with Gasteiger partial charge in [-0.25, -0.2) is 0 Å². The van der Waals surface area contributed by atoms with Gasteiger partial charge in [-0.2, -0.15) is 0 Å². The zero-order chi connectivity index (χ0) is 9.10. The minimum Gasteiger partial charge on any atom is -0.399 e. The van der Waals surface area contributed by atoms with Crippen molar-refractivity contribution in [1.82, 2.24) is 0 Å². The van der Waals surface area contributed by atoms with Gasteiger partial charge in [-0.15, -0.1) is 0 Å². The molecule has 1 aliphatic rings. The number of nitrogen functional groups attached to an aromatic ring is 1. The SMILES string of the molecule is Nc1ccc(C2C[CH]CCC2)cc1. The second-order valence-electron chi connectivity index (χ2n) is 3.82. The highest BCUT2D eigenvalue weighted by Gasteiger charge is 2.14. The summed E-state index contributed by atoms with van der Waals surface area (Å²) >= 11 is 0. The molecule has 0 bridgehead atoms. The Morgan fingerprint density at radius 2 is 1.92 bits per heavy atom. The molecule has 0 heterocycles. The van der Waals surface area contributed by atoms with Crippen LogP contribution >= 0.6 is 0 Å². The Morgan fingerprint density at radius 3 is 2.54 bits per heavy atom. The summed E-state index contributed by atoms with van der Waals surface area (Å²) in [5.41, 5.74) is 7.96. The minimum absolute atomic E-state index is 0.745. The quantitative estimate of drug-likeness (QED) is 0.650. The van der Waals surface area contributed by atoms with Crippen LogP contribution in [0.4, 0.5) is 5.69 Å². The summed E-state index contributed by atoms with van der Waals surface area (Å²) < 4.78 is 0. The molecule has 1 unspecified atom stereocenters. The molecule has 0 saturated heterocycles. The van der Waals surface area contributed by atoms with E-state index < -0.39 is 0 Å². The summed E-state index contributed by atoms with van der Waals surface area (Å²) in [7, 11) is 0. The standard InChI is InChI=1S/C12H16N/c13-12-8-6-11(7-9-12)10-4-2-1-3-5-10/h2,6-10H,1,3-5,13H2. The molecular weight excluding hydrogens is 158 g/mol. The van der Waals surface area contributed by atoms with E-state index in [1.807, 2.05) is 12.1 Å². The maximum Gasteiger partial charge on any atom is 0.0314 e. The normalized spacial score (nSPS) is 18.8. The summed E-state index contributed by atoms with van der Waals surface area (Å²) in [6.45, 7) is 0. The Hall–Kier alpha value is -0.980. The van der Waals surface area contributed by atoms with Crippen LogP contribution in [0.2, 0.25) is 0 Å². The van der Waals surface area contributed by atoms with Crippen molar-refractivity contribution >= 4 is 5.69 Å². The first-order valence-electron chi connectivity index (χ1n) is 5.03. The number of nitrogens with two attached hydrogens (primary N) is 1. The molecule has 1 fully saturated rings. The van der Waals surface area contributed by atoms with Crippen molar-refractivity contribution in [1.29, 1.82) is 0 Å². The predicted molar refractivity (Wildman–Crippen MR) is 56.4 cm³/mol. The van der Waals surface area contributed by atoms with E-state index in [9.17, 15) is 0 Å². The summed E-state index contributed by atoms with van der Waals surface area (Å²) in [6.07, 6.45) is 7.62. The molecule has 0 aromatic heterocycles. The van der Waals surface area contributed by atoms with Gasteiger partial charge >= 0.3 is 0 Å². The fraction of sp³-hybridized carbons (Fsp3) is 0.417. The molecule has 1 saturated carbocycles. The number of hydrogen-bond acceptors (Lipinski definition) is 1. The predicted octanol–water partition coefficient (Wildman–Crippen LogP) is 3.13. The monoisotopic (exact) mass is 174 g/mol. The van der Waals surface area contributed by atoms with Gasteiger partial charge < -0.3 is 5.73 Å². The minimum atomic E-state index is 0.745. The molecule has 1 aromatic carbocycles. The molecule has 0 amide bonds. The lowest BCUT2D eigenvalue weighted by Crippen LogP contribution is -2.04. The molecule has 1 aromatic rings. The maximum atomic E-state index is 5.65. The second kappa shape index (κ2) is 3.82. The first-order chi connectivity index (χ1) is 6.36. The van der Waals surface area contributed by atoms with Crippen LogP contribution in [-0.4, -0.2) is 0 Å². The third kappa shape index (κ3) is 2.03. The van der Waals surface area contributed by atoms with Crippen molar-refractivity contribution in [3.63, 3.8) is 0 Å². The zero-order valence-electron chi connectivity index (χ0n) is 7.87. The topological polar surface area (TPSA) is 26.0 Å². The van der Waals surface area contributed by atoms with Gasteiger partial charge in [0.2, 0.25) is 0 Å². The molecule has 1 radical (unpaired) electrons. The third-order valence-electron chi connectivity index (χ3n) is 2.82. The Labute approximate surface area is 80.0 Å². The number of anilines is 1. The summed E-state index contributed by atoms with van der Waals surface area (Å²) in [6, 6.07) is 8.34. The van der Waals surface area contributed by atoms with Crippen LogP contribution in [0.1, 0.15) is 37.2 Å². The van der Waals surface area contributed by atoms with Crippen LogP contribution in [0.5, 0.6) is 0 Å². The lowest BCUT2D eigenvalue weighted by atomic mass is 9.84. The third-order valence-corrected chi connectivity index (χ3v) is 2.82. The highest BCUT2D eigenvalue weighted by molar-refractivity contribution is 5.40. The molecular formula is C12H16N. The van der Waals surface area contributed by atoms with Gasteiger partial charge in [0.1, 0.15) is 0 Å². The van der Waals surface area contributed by atoms with Gasteiger partial charge in [-0.05, 0) is 42.9 Å². The average molecular weight is 174 g/mol. The fourth-order valence-electron chi connectivity index (χ4n) is 2.02. The first kappa shape index (κ1) is 8.61. The van der Waals surface area contributed by atoms with Gasteiger partial charge in [-0.3, -0.25) is 0 Å². The Kier molecular flexibility index (Phi) is 2.53. The van der Waals surface area contributed by atoms with E-state index in [4.69, 9.17) is 5.73 Å². The van der Waals surface area contributed by atoms with E-state index in [1.54, 1.807) is 0 Å². The van der Waals surface area contributed by atoms with E-state index in [2.05, 4.69) is 18.6 Å². The highest BCUT2D eigenvalue weighted by Crippen LogP contribution is 2.32. The summed E-state index contributed by atoms with van der Waals surface area (Å²) in [5, 5.41) is 0. The molecule has 1 aliphatic carbocycles. The molecule has 1 atom stereocenters. The van der Waals surface area contributed by atoms with Crippen LogP contribution in [0, 0.1) is 6.42 Å². The molecule has 1 heteroatoms. The van der Waals surface area contributed by atoms with Crippen molar-refractivity contribution in [2.75, 3.05) is 5.73 Å². The van der Waals surface area contributed by atoms with E-state index in [0.717, 1.165) is 11.6 Å². The molecule has 69 valence electrons.